The molecule has 0 aliphatic heterocycles. The van der Waals surface area contributed by atoms with Gasteiger partial charge < -0.3 is 5.32 Å². The number of rotatable bonds is 3. The molecule has 2 aromatic rings. The van der Waals surface area contributed by atoms with E-state index in [1.807, 2.05) is 38.1 Å². The molecule has 17 heavy (non-hydrogen) atoms. The highest BCUT2D eigenvalue weighted by Gasteiger charge is 2.11. The number of thiazole rings is 1. The number of nitrogens with one attached hydrogen (secondary N) is 1. The number of benzene rings is 1. The number of ketones is 1. The smallest absolute Gasteiger partial charge is 0.188 e. The van der Waals surface area contributed by atoms with Crippen molar-refractivity contribution in [3.8, 4) is 0 Å². The average molecular weight is 246 g/mol. The molecule has 4 heteroatoms. The number of carbonyl (C=O) groups excluding carboxylic acids is 1. The number of hydrogen-bond donors (Lipinski definition) is 1. The van der Waals surface area contributed by atoms with Crippen molar-refractivity contribution in [1.82, 2.24) is 4.98 Å². The van der Waals surface area contributed by atoms with Crippen LogP contribution in [0.5, 0.6) is 0 Å². The predicted octanol–water partition coefficient (Wildman–Crippen LogP) is 3.71. The number of hydrogen-bond acceptors (Lipinski definition) is 4. The molecule has 0 bridgehead atoms. The monoisotopic (exact) mass is 246 g/mol. The van der Waals surface area contributed by atoms with Crippen molar-refractivity contribution in [3.63, 3.8) is 0 Å². The van der Waals surface area contributed by atoms with Crippen LogP contribution in [0, 0.1) is 13.8 Å². The Morgan fingerprint density at radius 3 is 2.59 bits per heavy atom. The van der Waals surface area contributed by atoms with E-state index < -0.39 is 0 Å². The van der Waals surface area contributed by atoms with Gasteiger partial charge in [0.2, 0.25) is 0 Å². The number of Topliss-reactive ketones (excluding diaryl/α,β-unsaturated/α-hetero) is 1. The Kier molecular flexibility index (Phi) is 3.24. The van der Waals surface area contributed by atoms with Crippen molar-refractivity contribution in [2.75, 3.05) is 5.32 Å². The van der Waals surface area contributed by atoms with Crippen molar-refractivity contribution >= 4 is 27.9 Å². The second-order valence-electron chi connectivity index (χ2n) is 3.93. The van der Waals surface area contributed by atoms with Gasteiger partial charge in [0.15, 0.2) is 10.9 Å². The van der Waals surface area contributed by atoms with Crippen LogP contribution >= 0.6 is 11.3 Å². The summed E-state index contributed by atoms with van der Waals surface area (Å²) in [6.07, 6.45) is 0. The number of aromatic nitrogens is 1. The molecule has 0 aliphatic carbocycles. The Morgan fingerprint density at radius 1 is 1.29 bits per heavy atom. The summed E-state index contributed by atoms with van der Waals surface area (Å²) in [4.78, 5) is 16.4. The van der Waals surface area contributed by atoms with Crippen LogP contribution in [0.25, 0.3) is 0 Å². The summed E-state index contributed by atoms with van der Waals surface area (Å²) < 4.78 is 0. The maximum absolute atomic E-state index is 11.3. The Labute approximate surface area is 105 Å². The summed E-state index contributed by atoms with van der Waals surface area (Å²) in [6, 6.07) is 8.00. The highest BCUT2D eigenvalue weighted by molar-refractivity contribution is 7.17. The van der Waals surface area contributed by atoms with E-state index in [4.69, 9.17) is 0 Å². The first kappa shape index (κ1) is 11.8. The molecule has 2 rings (SSSR count). The number of nitrogens with zero attached hydrogens (tertiary/aromatic N) is 1. The summed E-state index contributed by atoms with van der Waals surface area (Å²) in [5, 5.41) is 4.01. The van der Waals surface area contributed by atoms with Gasteiger partial charge in [-0.2, -0.15) is 0 Å². The lowest BCUT2D eigenvalue weighted by molar-refractivity contribution is 0.102. The maximum Gasteiger partial charge on any atom is 0.188 e. The van der Waals surface area contributed by atoms with E-state index in [0.717, 1.165) is 27.0 Å². The first-order chi connectivity index (χ1) is 8.08. The van der Waals surface area contributed by atoms with Crippen LogP contribution in [0.4, 0.5) is 10.8 Å². The quantitative estimate of drug-likeness (QED) is 0.839. The topological polar surface area (TPSA) is 42.0 Å². The fraction of sp³-hybridized carbons (Fsp3) is 0.231. The molecule has 0 saturated heterocycles. The molecule has 0 saturated carbocycles. The Balaban J connectivity index is 2.28. The molecule has 0 fully saturated rings. The van der Waals surface area contributed by atoms with E-state index in [-0.39, 0.29) is 5.78 Å². The number of carbonyl (C=O) groups is 1. The van der Waals surface area contributed by atoms with Gasteiger partial charge in [-0.25, -0.2) is 4.98 Å². The first-order valence-corrected chi connectivity index (χ1v) is 6.20. The minimum atomic E-state index is 0.0674. The molecule has 1 N–H and O–H groups in total. The molecule has 88 valence electrons. The Morgan fingerprint density at radius 2 is 2.00 bits per heavy atom. The van der Waals surface area contributed by atoms with Crippen LogP contribution in [0.15, 0.2) is 24.3 Å². The summed E-state index contributed by atoms with van der Waals surface area (Å²) in [6.45, 7) is 5.46. The molecule has 0 radical (unpaired) electrons. The molecular formula is C13H14N2OS. The highest BCUT2D eigenvalue weighted by Crippen LogP contribution is 2.27. The second-order valence-corrected chi connectivity index (χ2v) is 4.93. The van der Waals surface area contributed by atoms with Crippen LogP contribution in [0.3, 0.4) is 0 Å². The molecule has 0 amide bonds. The van der Waals surface area contributed by atoms with Gasteiger partial charge >= 0.3 is 0 Å². The van der Waals surface area contributed by atoms with Gasteiger partial charge in [-0.05, 0) is 25.5 Å². The first-order valence-electron chi connectivity index (χ1n) is 5.39. The Bertz CT molecular complexity index is 560. The van der Waals surface area contributed by atoms with Crippen LogP contribution in [0.1, 0.15) is 27.9 Å². The van der Waals surface area contributed by atoms with Crippen LogP contribution in [0.2, 0.25) is 0 Å². The van der Waals surface area contributed by atoms with E-state index >= 15 is 0 Å². The summed E-state index contributed by atoms with van der Waals surface area (Å²) in [5.41, 5.74) is 2.97. The lowest BCUT2D eigenvalue weighted by Gasteiger charge is -2.05. The zero-order valence-electron chi connectivity index (χ0n) is 10.1. The molecule has 1 heterocycles. The molecule has 0 spiro atoms. The largest absolute Gasteiger partial charge is 0.331 e. The number of aryl methyl sites for hydroxylation is 2. The van der Waals surface area contributed by atoms with Crippen molar-refractivity contribution in [3.05, 3.63) is 40.4 Å². The van der Waals surface area contributed by atoms with Gasteiger partial charge in [0.1, 0.15) is 0 Å². The second kappa shape index (κ2) is 4.67. The van der Waals surface area contributed by atoms with Gasteiger partial charge in [-0.15, -0.1) is 0 Å². The summed E-state index contributed by atoms with van der Waals surface area (Å²) >= 11 is 1.40. The summed E-state index contributed by atoms with van der Waals surface area (Å²) in [5.74, 6) is 0.0674. The highest BCUT2D eigenvalue weighted by atomic mass is 32.1. The third-order valence-electron chi connectivity index (χ3n) is 2.50. The molecule has 1 aromatic heterocycles. The minimum Gasteiger partial charge on any atom is -0.331 e. The van der Waals surface area contributed by atoms with Crippen LogP contribution < -0.4 is 5.32 Å². The third kappa shape index (κ3) is 2.53. The number of para-hydroxylation sites is 1. The van der Waals surface area contributed by atoms with Gasteiger partial charge in [-0.3, -0.25) is 4.79 Å². The van der Waals surface area contributed by atoms with E-state index in [0.29, 0.717) is 0 Å². The van der Waals surface area contributed by atoms with Crippen LogP contribution in [-0.4, -0.2) is 10.8 Å². The van der Waals surface area contributed by atoms with Crippen molar-refractivity contribution in [2.24, 2.45) is 0 Å². The fourth-order valence-electron chi connectivity index (χ4n) is 1.60. The zero-order valence-corrected chi connectivity index (χ0v) is 10.9. The molecule has 0 unspecified atom stereocenters. The fourth-order valence-corrected chi connectivity index (χ4v) is 2.48. The molecule has 0 atom stereocenters. The van der Waals surface area contributed by atoms with Gasteiger partial charge in [0, 0.05) is 12.6 Å². The Hall–Kier alpha value is -1.68. The molecular weight excluding hydrogens is 232 g/mol. The van der Waals surface area contributed by atoms with E-state index in [9.17, 15) is 4.79 Å². The third-order valence-corrected chi connectivity index (χ3v) is 3.68. The maximum atomic E-state index is 11.3. The lowest BCUT2D eigenvalue weighted by atomic mass is 10.2. The van der Waals surface area contributed by atoms with E-state index in [1.165, 1.54) is 11.3 Å². The van der Waals surface area contributed by atoms with Crippen molar-refractivity contribution in [2.45, 2.75) is 20.8 Å². The van der Waals surface area contributed by atoms with E-state index in [1.54, 1.807) is 6.92 Å². The predicted molar refractivity (Wildman–Crippen MR) is 71.3 cm³/mol. The number of anilines is 2. The van der Waals surface area contributed by atoms with Crippen molar-refractivity contribution in [1.29, 1.82) is 0 Å². The zero-order chi connectivity index (χ0) is 12.4. The standard InChI is InChI=1S/C13H14N2OS/c1-8-6-4-5-7-11(8)15-13-14-9(2)12(17-13)10(3)16/h4-7H,1-3H3,(H,14,15). The summed E-state index contributed by atoms with van der Waals surface area (Å²) in [7, 11) is 0. The van der Waals surface area contributed by atoms with Gasteiger partial charge in [-0.1, -0.05) is 29.5 Å². The van der Waals surface area contributed by atoms with Gasteiger partial charge in [0.05, 0.1) is 10.6 Å². The SMILES string of the molecule is CC(=O)c1sc(Nc2ccccc2C)nc1C. The minimum absolute atomic E-state index is 0.0674. The molecule has 0 aliphatic rings. The normalized spacial score (nSPS) is 10.3. The molecule has 1 aromatic carbocycles. The van der Waals surface area contributed by atoms with Crippen LogP contribution in [-0.2, 0) is 0 Å². The van der Waals surface area contributed by atoms with E-state index in [2.05, 4.69) is 10.3 Å². The lowest BCUT2D eigenvalue weighted by Crippen LogP contribution is -1.91. The average Bonchev–Trinajstić information content (AvgIpc) is 2.63. The van der Waals surface area contributed by atoms with Gasteiger partial charge in [0.25, 0.3) is 0 Å². The van der Waals surface area contributed by atoms with Crippen molar-refractivity contribution < 1.29 is 4.79 Å². The molecule has 3 nitrogen and oxygen atoms in total.